The summed E-state index contributed by atoms with van der Waals surface area (Å²) in [6.07, 6.45) is 3.96. The first-order valence-corrected chi connectivity index (χ1v) is 7.04. The fourth-order valence-corrected chi connectivity index (χ4v) is 2.60. The van der Waals surface area contributed by atoms with Crippen LogP contribution < -0.4 is 5.73 Å². The van der Waals surface area contributed by atoms with Gasteiger partial charge in [-0.2, -0.15) is 0 Å². The van der Waals surface area contributed by atoms with E-state index in [0.717, 1.165) is 19.7 Å². The van der Waals surface area contributed by atoms with Gasteiger partial charge in [-0.05, 0) is 44.7 Å². The highest BCUT2D eigenvalue weighted by Crippen LogP contribution is 2.23. The minimum atomic E-state index is 0.219. The van der Waals surface area contributed by atoms with Gasteiger partial charge in [0.25, 0.3) is 0 Å². The summed E-state index contributed by atoms with van der Waals surface area (Å²) in [6, 6.07) is 0.685. The van der Waals surface area contributed by atoms with E-state index in [9.17, 15) is 0 Å². The van der Waals surface area contributed by atoms with Crippen LogP contribution in [0.25, 0.3) is 0 Å². The molecule has 0 radical (unpaired) electrons. The standard InChI is InChI=1S/C14H30N2O/c1-5-7-16(11-14(3,4)10-15)13-6-8-17-12(2)9-13/h12-13H,5-11,15H2,1-4H3. The van der Waals surface area contributed by atoms with Crippen molar-refractivity contribution in [3.63, 3.8) is 0 Å². The minimum absolute atomic E-state index is 0.219. The molecule has 102 valence electrons. The highest BCUT2D eigenvalue weighted by Gasteiger charge is 2.28. The zero-order valence-corrected chi connectivity index (χ0v) is 12.0. The third-order valence-corrected chi connectivity index (χ3v) is 3.67. The van der Waals surface area contributed by atoms with Crippen LogP contribution in [-0.4, -0.2) is 43.3 Å². The maximum atomic E-state index is 5.86. The monoisotopic (exact) mass is 242 g/mol. The van der Waals surface area contributed by atoms with Gasteiger partial charge in [-0.1, -0.05) is 20.8 Å². The summed E-state index contributed by atoms with van der Waals surface area (Å²) in [5.74, 6) is 0. The van der Waals surface area contributed by atoms with Crippen molar-refractivity contribution in [2.75, 3.05) is 26.2 Å². The molecule has 0 aromatic rings. The highest BCUT2D eigenvalue weighted by molar-refractivity contribution is 4.82. The molecular weight excluding hydrogens is 212 g/mol. The van der Waals surface area contributed by atoms with E-state index in [4.69, 9.17) is 10.5 Å². The molecule has 0 bridgehead atoms. The topological polar surface area (TPSA) is 38.5 Å². The van der Waals surface area contributed by atoms with E-state index in [0.29, 0.717) is 12.1 Å². The molecular formula is C14H30N2O. The van der Waals surface area contributed by atoms with Gasteiger partial charge in [-0.3, -0.25) is 4.90 Å². The average molecular weight is 242 g/mol. The Morgan fingerprint density at radius 3 is 2.65 bits per heavy atom. The summed E-state index contributed by atoms with van der Waals surface area (Å²) in [5.41, 5.74) is 6.08. The smallest absolute Gasteiger partial charge is 0.0561 e. The quantitative estimate of drug-likeness (QED) is 0.776. The molecule has 17 heavy (non-hydrogen) atoms. The van der Waals surface area contributed by atoms with Crippen molar-refractivity contribution in [2.24, 2.45) is 11.1 Å². The van der Waals surface area contributed by atoms with Crippen molar-refractivity contribution >= 4 is 0 Å². The number of hydrogen-bond acceptors (Lipinski definition) is 3. The molecule has 1 aliphatic rings. The predicted octanol–water partition coefficient (Wildman–Crippen LogP) is 2.25. The van der Waals surface area contributed by atoms with E-state index in [1.54, 1.807) is 0 Å². The number of hydrogen-bond donors (Lipinski definition) is 1. The van der Waals surface area contributed by atoms with Crippen LogP contribution in [0.5, 0.6) is 0 Å². The molecule has 0 aromatic carbocycles. The zero-order valence-electron chi connectivity index (χ0n) is 12.0. The van der Waals surface area contributed by atoms with E-state index < -0.39 is 0 Å². The Balaban J connectivity index is 2.57. The van der Waals surface area contributed by atoms with Gasteiger partial charge < -0.3 is 10.5 Å². The highest BCUT2D eigenvalue weighted by atomic mass is 16.5. The fraction of sp³-hybridized carbons (Fsp3) is 1.00. The summed E-state index contributed by atoms with van der Waals surface area (Å²) in [5, 5.41) is 0. The first kappa shape index (κ1) is 14.9. The van der Waals surface area contributed by atoms with Gasteiger partial charge in [-0.15, -0.1) is 0 Å². The molecule has 2 N–H and O–H groups in total. The Kier molecular flexibility index (Phi) is 5.90. The molecule has 0 amide bonds. The first-order chi connectivity index (χ1) is 7.98. The van der Waals surface area contributed by atoms with Gasteiger partial charge in [0.15, 0.2) is 0 Å². The van der Waals surface area contributed by atoms with Crippen LogP contribution in [-0.2, 0) is 4.74 Å². The lowest BCUT2D eigenvalue weighted by Gasteiger charge is -2.40. The van der Waals surface area contributed by atoms with E-state index in [2.05, 4.69) is 32.6 Å². The molecule has 3 heteroatoms. The molecule has 0 saturated carbocycles. The average Bonchev–Trinajstić information content (AvgIpc) is 2.28. The Labute approximate surface area is 107 Å². The van der Waals surface area contributed by atoms with Gasteiger partial charge >= 0.3 is 0 Å². The summed E-state index contributed by atoms with van der Waals surface area (Å²) < 4.78 is 5.64. The number of rotatable bonds is 6. The molecule has 0 spiro atoms. The van der Waals surface area contributed by atoms with Gasteiger partial charge in [0, 0.05) is 19.2 Å². The van der Waals surface area contributed by atoms with Crippen LogP contribution in [0.3, 0.4) is 0 Å². The van der Waals surface area contributed by atoms with Crippen molar-refractivity contribution in [3.8, 4) is 0 Å². The molecule has 1 saturated heterocycles. The zero-order chi connectivity index (χ0) is 12.9. The van der Waals surface area contributed by atoms with Gasteiger partial charge in [0.1, 0.15) is 0 Å². The second kappa shape index (κ2) is 6.72. The molecule has 3 nitrogen and oxygen atoms in total. The molecule has 1 heterocycles. The lowest BCUT2D eigenvalue weighted by atomic mass is 9.91. The Morgan fingerprint density at radius 2 is 2.12 bits per heavy atom. The Morgan fingerprint density at radius 1 is 1.41 bits per heavy atom. The molecule has 1 rings (SSSR count). The number of nitrogens with two attached hydrogens (primary N) is 1. The van der Waals surface area contributed by atoms with Gasteiger partial charge in [0.05, 0.1) is 6.10 Å². The van der Waals surface area contributed by atoms with Crippen LogP contribution in [0.1, 0.15) is 47.0 Å². The molecule has 2 unspecified atom stereocenters. The summed E-state index contributed by atoms with van der Waals surface area (Å²) in [4.78, 5) is 2.63. The molecule has 0 aliphatic carbocycles. The lowest BCUT2D eigenvalue weighted by molar-refractivity contribution is -0.0245. The van der Waals surface area contributed by atoms with Crippen LogP contribution in [0.15, 0.2) is 0 Å². The number of ether oxygens (including phenoxy) is 1. The largest absolute Gasteiger partial charge is 0.378 e. The maximum absolute atomic E-state index is 5.86. The van der Waals surface area contributed by atoms with Crippen LogP contribution in [0.2, 0.25) is 0 Å². The second-order valence-electron chi connectivity index (χ2n) is 6.20. The normalized spacial score (nSPS) is 26.5. The SMILES string of the molecule is CCCN(CC(C)(C)CN)C1CCOC(C)C1. The molecule has 1 fully saturated rings. The van der Waals surface area contributed by atoms with Crippen LogP contribution >= 0.6 is 0 Å². The van der Waals surface area contributed by atoms with Crippen molar-refractivity contribution < 1.29 is 4.74 Å². The minimum Gasteiger partial charge on any atom is -0.378 e. The summed E-state index contributed by atoms with van der Waals surface area (Å²) in [6.45, 7) is 12.9. The third-order valence-electron chi connectivity index (χ3n) is 3.67. The lowest BCUT2D eigenvalue weighted by Crippen LogP contribution is -2.47. The van der Waals surface area contributed by atoms with Crippen molar-refractivity contribution in [2.45, 2.75) is 59.1 Å². The molecule has 2 atom stereocenters. The molecule has 1 aliphatic heterocycles. The maximum Gasteiger partial charge on any atom is 0.0561 e. The third kappa shape index (κ3) is 4.94. The van der Waals surface area contributed by atoms with E-state index >= 15 is 0 Å². The van der Waals surface area contributed by atoms with E-state index in [-0.39, 0.29) is 5.41 Å². The van der Waals surface area contributed by atoms with Gasteiger partial charge in [0.2, 0.25) is 0 Å². The van der Waals surface area contributed by atoms with E-state index in [1.807, 2.05) is 0 Å². The second-order valence-corrected chi connectivity index (χ2v) is 6.20. The van der Waals surface area contributed by atoms with Crippen molar-refractivity contribution in [1.29, 1.82) is 0 Å². The predicted molar refractivity (Wildman–Crippen MR) is 73.1 cm³/mol. The van der Waals surface area contributed by atoms with Crippen LogP contribution in [0, 0.1) is 5.41 Å². The summed E-state index contributed by atoms with van der Waals surface area (Å²) >= 11 is 0. The van der Waals surface area contributed by atoms with Gasteiger partial charge in [-0.25, -0.2) is 0 Å². The summed E-state index contributed by atoms with van der Waals surface area (Å²) in [7, 11) is 0. The molecule has 0 aromatic heterocycles. The fourth-order valence-electron chi connectivity index (χ4n) is 2.60. The van der Waals surface area contributed by atoms with E-state index in [1.165, 1.54) is 25.8 Å². The number of nitrogens with zero attached hydrogens (tertiary/aromatic N) is 1. The van der Waals surface area contributed by atoms with Crippen molar-refractivity contribution in [1.82, 2.24) is 4.90 Å². The van der Waals surface area contributed by atoms with Crippen molar-refractivity contribution in [3.05, 3.63) is 0 Å². The first-order valence-electron chi connectivity index (χ1n) is 7.04. The van der Waals surface area contributed by atoms with Crippen LogP contribution in [0.4, 0.5) is 0 Å². The Bertz CT molecular complexity index is 218. The Hall–Kier alpha value is -0.120.